The van der Waals surface area contributed by atoms with Crippen molar-refractivity contribution >= 4 is 18.1 Å². The molecule has 0 fully saturated rings. The van der Waals surface area contributed by atoms with Gasteiger partial charge in [0.1, 0.15) is 18.0 Å². The van der Waals surface area contributed by atoms with Crippen molar-refractivity contribution in [2.45, 2.75) is 19.7 Å². The van der Waals surface area contributed by atoms with Gasteiger partial charge in [-0.2, -0.15) is 13.9 Å². The second-order valence-electron chi connectivity index (χ2n) is 5.93. The van der Waals surface area contributed by atoms with Gasteiger partial charge in [0.2, 0.25) is 5.91 Å². The predicted octanol–water partition coefficient (Wildman–Crippen LogP) is 3.53. The molecule has 0 atom stereocenters. The van der Waals surface area contributed by atoms with Crippen LogP contribution in [-0.2, 0) is 17.9 Å². The quantitative estimate of drug-likeness (QED) is 0.545. The normalized spacial score (nSPS) is 10.8. The van der Waals surface area contributed by atoms with Crippen molar-refractivity contribution in [3.8, 4) is 22.9 Å². The largest absolute Gasteiger partial charge is 0.497 e. The van der Waals surface area contributed by atoms with Crippen LogP contribution in [0, 0.1) is 4.77 Å². The molecule has 3 aromatic rings. The van der Waals surface area contributed by atoms with Gasteiger partial charge < -0.3 is 14.8 Å². The summed E-state index contributed by atoms with van der Waals surface area (Å²) in [6.07, 6.45) is 0. The first kappa shape index (κ1) is 20.5. The van der Waals surface area contributed by atoms with Crippen LogP contribution in [0.3, 0.4) is 0 Å². The number of methoxy groups -OCH3 is 1. The predicted molar refractivity (Wildman–Crippen MR) is 104 cm³/mol. The molecule has 0 aliphatic carbocycles. The van der Waals surface area contributed by atoms with Gasteiger partial charge in [-0.25, -0.2) is 0 Å². The Morgan fingerprint density at radius 2 is 1.97 bits per heavy atom. The molecule has 0 aliphatic heterocycles. The van der Waals surface area contributed by atoms with E-state index in [1.807, 2.05) is 0 Å². The van der Waals surface area contributed by atoms with Gasteiger partial charge in [0.15, 0.2) is 10.6 Å². The molecule has 0 bridgehead atoms. The van der Waals surface area contributed by atoms with E-state index in [0.717, 1.165) is 5.56 Å². The van der Waals surface area contributed by atoms with Crippen LogP contribution in [0.4, 0.5) is 8.78 Å². The first-order chi connectivity index (χ1) is 14.0. The number of benzene rings is 2. The molecule has 10 heteroatoms. The van der Waals surface area contributed by atoms with Crippen molar-refractivity contribution in [3.05, 3.63) is 58.9 Å². The van der Waals surface area contributed by atoms with Gasteiger partial charge in [0.05, 0.1) is 7.11 Å². The second kappa shape index (κ2) is 9.28. The molecule has 29 heavy (non-hydrogen) atoms. The number of ether oxygens (including phenoxy) is 2. The number of halogens is 2. The van der Waals surface area contributed by atoms with E-state index in [4.69, 9.17) is 17.0 Å². The van der Waals surface area contributed by atoms with Crippen molar-refractivity contribution < 1.29 is 23.0 Å². The molecular formula is C19H18F2N4O3S. The van der Waals surface area contributed by atoms with Gasteiger partial charge in [-0.15, -0.1) is 0 Å². The van der Waals surface area contributed by atoms with Gasteiger partial charge in [-0.3, -0.25) is 14.5 Å². The Balaban J connectivity index is 1.70. The number of para-hydroxylation sites is 1. The number of aromatic nitrogens is 3. The lowest BCUT2D eigenvalue weighted by Gasteiger charge is -2.12. The summed E-state index contributed by atoms with van der Waals surface area (Å²) < 4.78 is 36.4. The number of nitrogens with one attached hydrogen (secondary N) is 2. The van der Waals surface area contributed by atoms with Crippen molar-refractivity contribution in [1.29, 1.82) is 0 Å². The zero-order chi connectivity index (χ0) is 20.8. The van der Waals surface area contributed by atoms with Crippen molar-refractivity contribution in [3.63, 3.8) is 0 Å². The summed E-state index contributed by atoms with van der Waals surface area (Å²) in [5.41, 5.74) is 1.19. The molecule has 0 unspecified atom stereocenters. The van der Waals surface area contributed by atoms with E-state index in [1.54, 1.807) is 54.1 Å². The average molecular weight is 420 g/mol. The number of alkyl halides is 2. The minimum absolute atomic E-state index is 0.0154. The van der Waals surface area contributed by atoms with E-state index in [1.165, 1.54) is 6.07 Å². The number of aromatic amines is 1. The van der Waals surface area contributed by atoms with Crippen LogP contribution in [-0.4, -0.2) is 34.4 Å². The summed E-state index contributed by atoms with van der Waals surface area (Å²) in [7, 11) is 1.57. The van der Waals surface area contributed by atoms with E-state index < -0.39 is 6.61 Å². The Morgan fingerprint density at radius 3 is 2.66 bits per heavy atom. The summed E-state index contributed by atoms with van der Waals surface area (Å²) in [6.45, 7) is -3.00. The highest BCUT2D eigenvalue weighted by Crippen LogP contribution is 2.22. The maximum absolute atomic E-state index is 12.5. The minimum atomic E-state index is -2.94. The molecule has 2 N–H and O–H groups in total. The van der Waals surface area contributed by atoms with E-state index in [-0.39, 0.29) is 29.5 Å². The van der Waals surface area contributed by atoms with Crippen LogP contribution in [0.5, 0.6) is 11.5 Å². The van der Waals surface area contributed by atoms with Crippen molar-refractivity contribution in [2.24, 2.45) is 0 Å². The van der Waals surface area contributed by atoms with E-state index >= 15 is 0 Å². The standard InChI is InChI=1S/C19H18F2N4O3S/c1-27-14-8-6-12(7-9-14)17-23-24-19(29)25(17)11-16(26)22-10-13-4-2-3-5-15(13)28-18(20)21/h2-9,18H,10-11H2,1H3,(H,22,26)(H,24,29). The highest BCUT2D eigenvalue weighted by atomic mass is 32.1. The first-order valence-electron chi connectivity index (χ1n) is 8.57. The summed E-state index contributed by atoms with van der Waals surface area (Å²) in [5.74, 6) is 0.844. The Kier molecular flexibility index (Phi) is 6.55. The SMILES string of the molecule is COc1ccc(-c2n[nH]c(=S)n2CC(=O)NCc2ccccc2OC(F)F)cc1. The smallest absolute Gasteiger partial charge is 0.387 e. The van der Waals surface area contributed by atoms with Gasteiger partial charge in [-0.05, 0) is 42.5 Å². The van der Waals surface area contributed by atoms with Crippen LogP contribution < -0.4 is 14.8 Å². The summed E-state index contributed by atoms with van der Waals surface area (Å²) in [6, 6.07) is 13.4. The average Bonchev–Trinajstić information content (AvgIpc) is 3.07. The number of H-pyrrole nitrogens is 1. The zero-order valence-corrected chi connectivity index (χ0v) is 16.2. The minimum Gasteiger partial charge on any atom is -0.497 e. The topological polar surface area (TPSA) is 81.2 Å². The molecule has 1 aromatic heterocycles. The van der Waals surface area contributed by atoms with Crippen LogP contribution >= 0.6 is 12.2 Å². The molecule has 3 rings (SSSR count). The fourth-order valence-corrected chi connectivity index (χ4v) is 2.88. The second-order valence-corrected chi connectivity index (χ2v) is 6.32. The Morgan fingerprint density at radius 1 is 1.24 bits per heavy atom. The van der Waals surface area contributed by atoms with E-state index in [9.17, 15) is 13.6 Å². The monoisotopic (exact) mass is 420 g/mol. The lowest BCUT2D eigenvalue weighted by molar-refractivity contribution is -0.121. The fraction of sp³-hybridized carbons (Fsp3) is 0.211. The fourth-order valence-electron chi connectivity index (χ4n) is 2.68. The molecule has 0 saturated carbocycles. The van der Waals surface area contributed by atoms with E-state index in [2.05, 4.69) is 20.3 Å². The highest BCUT2D eigenvalue weighted by Gasteiger charge is 2.14. The van der Waals surface area contributed by atoms with Gasteiger partial charge in [0.25, 0.3) is 0 Å². The highest BCUT2D eigenvalue weighted by molar-refractivity contribution is 7.71. The molecule has 0 spiro atoms. The lowest BCUT2D eigenvalue weighted by atomic mass is 10.2. The third-order valence-electron chi connectivity index (χ3n) is 4.07. The summed E-state index contributed by atoms with van der Waals surface area (Å²) >= 11 is 5.22. The molecule has 0 saturated heterocycles. The molecule has 1 heterocycles. The number of hydrogen-bond donors (Lipinski definition) is 2. The molecule has 0 radical (unpaired) electrons. The Labute approximate surface area is 170 Å². The number of hydrogen-bond acceptors (Lipinski definition) is 5. The zero-order valence-electron chi connectivity index (χ0n) is 15.4. The number of carbonyl (C=O) groups is 1. The van der Waals surface area contributed by atoms with Crippen LogP contribution in [0.1, 0.15) is 5.56 Å². The maximum atomic E-state index is 12.5. The lowest BCUT2D eigenvalue weighted by Crippen LogP contribution is -2.27. The van der Waals surface area contributed by atoms with Gasteiger partial charge in [0, 0.05) is 17.7 Å². The maximum Gasteiger partial charge on any atom is 0.387 e. The molecule has 2 aromatic carbocycles. The van der Waals surface area contributed by atoms with Crippen LogP contribution in [0.2, 0.25) is 0 Å². The molecule has 0 aliphatic rings. The molecular weight excluding hydrogens is 402 g/mol. The van der Waals surface area contributed by atoms with E-state index in [0.29, 0.717) is 17.1 Å². The van der Waals surface area contributed by atoms with Crippen LogP contribution in [0.15, 0.2) is 48.5 Å². The van der Waals surface area contributed by atoms with Crippen molar-refractivity contribution in [1.82, 2.24) is 20.1 Å². The third kappa shape index (κ3) is 5.17. The van der Waals surface area contributed by atoms with Gasteiger partial charge >= 0.3 is 6.61 Å². The molecule has 1 amide bonds. The summed E-state index contributed by atoms with van der Waals surface area (Å²) in [4.78, 5) is 12.4. The number of amides is 1. The number of nitrogens with zero attached hydrogens (tertiary/aromatic N) is 2. The third-order valence-corrected chi connectivity index (χ3v) is 4.38. The van der Waals surface area contributed by atoms with Crippen molar-refractivity contribution in [2.75, 3.05) is 7.11 Å². The van der Waals surface area contributed by atoms with Crippen LogP contribution in [0.25, 0.3) is 11.4 Å². The van der Waals surface area contributed by atoms with Gasteiger partial charge in [-0.1, -0.05) is 18.2 Å². The Hall–Kier alpha value is -3.27. The summed E-state index contributed by atoms with van der Waals surface area (Å²) in [5, 5.41) is 9.54. The molecule has 7 nitrogen and oxygen atoms in total. The Bertz CT molecular complexity index is 1030. The first-order valence-corrected chi connectivity index (χ1v) is 8.98. The molecule has 152 valence electrons. The number of carbonyl (C=O) groups excluding carboxylic acids is 1. The number of rotatable bonds is 8.